The lowest BCUT2D eigenvalue weighted by atomic mass is 9.74. The molecule has 0 radical (unpaired) electrons. The lowest BCUT2D eigenvalue weighted by Crippen LogP contribution is -2.47. The highest BCUT2D eigenvalue weighted by molar-refractivity contribution is 5.80. The minimum Gasteiger partial charge on any atom is -0.342 e. The summed E-state index contributed by atoms with van der Waals surface area (Å²) in [5.74, 6) is 0.999. The zero-order valence-corrected chi connectivity index (χ0v) is 15.8. The minimum absolute atomic E-state index is 0.358. The molecule has 27 heavy (non-hydrogen) atoms. The van der Waals surface area contributed by atoms with Gasteiger partial charge in [-0.25, -0.2) is 9.97 Å². The van der Waals surface area contributed by atoms with Crippen molar-refractivity contribution in [2.24, 2.45) is 11.1 Å². The van der Waals surface area contributed by atoms with E-state index in [0.717, 1.165) is 54.3 Å². The van der Waals surface area contributed by atoms with Gasteiger partial charge < -0.3 is 10.6 Å². The van der Waals surface area contributed by atoms with Gasteiger partial charge >= 0.3 is 0 Å². The van der Waals surface area contributed by atoms with Crippen LogP contribution in [0.3, 0.4) is 0 Å². The van der Waals surface area contributed by atoms with Crippen molar-refractivity contribution in [2.45, 2.75) is 45.1 Å². The molecule has 1 atom stereocenters. The molecule has 1 spiro atoms. The van der Waals surface area contributed by atoms with E-state index in [0.29, 0.717) is 11.5 Å². The van der Waals surface area contributed by atoms with Crippen LogP contribution in [0.25, 0.3) is 16.8 Å². The Labute approximate surface area is 159 Å². The minimum atomic E-state index is 0.358. The number of rotatable bonds is 2. The normalized spacial score (nSPS) is 22.0. The third-order valence-electron chi connectivity index (χ3n) is 6.70. The van der Waals surface area contributed by atoms with Crippen molar-refractivity contribution in [2.75, 3.05) is 18.0 Å². The molecule has 5 rings (SSSR count). The first-order valence-electron chi connectivity index (χ1n) is 9.93. The summed E-state index contributed by atoms with van der Waals surface area (Å²) < 4.78 is 2.13. The van der Waals surface area contributed by atoms with Gasteiger partial charge in [0.15, 0.2) is 0 Å². The molecule has 0 amide bonds. The Morgan fingerprint density at radius 1 is 1.11 bits per heavy atom. The number of fused-ring (bicyclic) bond motifs is 1. The summed E-state index contributed by atoms with van der Waals surface area (Å²) in [4.78, 5) is 16.2. The predicted octanol–water partition coefficient (Wildman–Crippen LogP) is 3.20. The molecule has 140 valence electrons. The van der Waals surface area contributed by atoms with Crippen LogP contribution in [0.1, 0.15) is 37.8 Å². The van der Waals surface area contributed by atoms with Crippen LogP contribution < -0.4 is 10.6 Å². The van der Waals surface area contributed by atoms with E-state index in [1.165, 1.54) is 19.3 Å². The number of pyridine rings is 1. The second-order valence-corrected chi connectivity index (χ2v) is 8.08. The fourth-order valence-electron chi connectivity index (χ4n) is 5.09. The number of anilines is 1. The number of piperidine rings is 1. The molecular weight excluding hydrogens is 336 g/mol. The van der Waals surface area contributed by atoms with Gasteiger partial charge in [-0.3, -0.25) is 9.38 Å². The van der Waals surface area contributed by atoms with Crippen LogP contribution in [-0.4, -0.2) is 38.5 Å². The summed E-state index contributed by atoms with van der Waals surface area (Å²) in [6.45, 7) is 4.11. The molecule has 1 aliphatic heterocycles. The Balaban J connectivity index is 1.52. The van der Waals surface area contributed by atoms with Gasteiger partial charge in [-0.05, 0) is 55.7 Å². The van der Waals surface area contributed by atoms with Crippen LogP contribution >= 0.6 is 0 Å². The zero-order valence-electron chi connectivity index (χ0n) is 15.8. The van der Waals surface area contributed by atoms with Gasteiger partial charge in [0.2, 0.25) is 5.95 Å². The van der Waals surface area contributed by atoms with Crippen molar-refractivity contribution in [3.63, 3.8) is 0 Å². The van der Waals surface area contributed by atoms with Gasteiger partial charge in [0.05, 0.1) is 5.69 Å². The molecule has 1 aliphatic carbocycles. The molecule has 0 bridgehead atoms. The number of hydrogen-bond acceptors (Lipinski definition) is 5. The third kappa shape index (κ3) is 2.62. The van der Waals surface area contributed by atoms with E-state index in [2.05, 4.69) is 26.2 Å². The summed E-state index contributed by atoms with van der Waals surface area (Å²) in [5.41, 5.74) is 11.0. The van der Waals surface area contributed by atoms with Crippen molar-refractivity contribution in [1.82, 2.24) is 19.4 Å². The molecule has 3 aromatic rings. The van der Waals surface area contributed by atoms with Gasteiger partial charge in [0, 0.05) is 49.5 Å². The fourth-order valence-corrected chi connectivity index (χ4v) is 5.09. The molecule has 2 fully saturated rings. The Hall–Kier alpha value is -2.47. The molecule has 2 N–H and O–H groups in total. The summed E-state index contributed by atoms with van der Waals surface area (Å²) >= 11 is 0. The number of hydrogen-bond donors (Lipinski definition) is 1. The maximum atomic E-state index is 6.46. The summed E-state index contributed by atoms with van der Waals surface area (Å²) in [6, 6.07) is 4.41. The summed E-state index contributed by atoms with van der Waals surface area (Å²) in [5, 5.41) is 0. The van der Waals surface area contributed by atoms with E-state index in [1.807, 2.05) is 36.9 Å². The van der Waals surface area contributed by atoms with Crippen molar-refractivity contribution in [1.29, 1.82) is 0 Å². The van der Waals surface area contributed by atoms with Gasteiger partial charge in [0.1, 0.15) is 5.65 Å². The van der Waals surface area contributed by atoms with Crippen molar-refractivity contribution in [3.05, 3.63) is 42.6 Å². The number of imidazole rings is 1. The molecule has 6 nitrogen and oxygen atoms in total. The van der Waals surface area contributed by atoms with Gasteiger partial charge in [-0.2, -0.15) is 0 Å². The van der Waals surface area contributed by atoms with E-state index in [-0.39, 0.29) is 0 Å². The van der Waals surface area contributed by atoms with Crippen LogP contribution in [0.5, 0.6) is 0 Å². The van der Waals surface area contributed by atoms with E-state index in [1.54, 1.807) is 0 Å². The lowest BCUT2D eigenvalue weighted by molar-refractivity contribution is 0.197. The molecule has 0 aromatic carbocycles. The second kappa shape index (κ2) is 6.30. The van der Waals surface area contributed by atoms with Crippen LogP contribution in [0, 0.1) is 12.3 Å². The molecule has 1 saturated heterocycles. The van der Waals surface area contributed by atoms with E-state index in [4.69, 9.17) is 10.7 Å². The van der Waals surface area contributed by atoms with Crippen molar-refractivity contribution in [3.8, 4) is 11.1 Å². The standard InChI is InChI=1S/C21H26N6/c1-15-18(16-4-9-23-10-5-16)19-24-11-14-27(19)20(25-15)26-12-7-21(8-13-26)6-2-3-17(21)22/h4-5,9-11,14,17H,2-3,6-8,12-13,22H2,1H3/t17-/m1/s1. The number of aromatic nitrogens is 4. The summed E-state index contributed by atoms with van der Waals surface area (Å²) in [6.07, 6.45) is 13.6. The molecule has 0 unspecified atom stereocenters. The van der Waals surface area contributed by atoms with Crippen LogP contribution in [-0.2, 0) is 0 Å². The van der Waals surface area contributed by atoms with E-state index in [9.17, 15) is 0 Å². The van der Waals surface area contributed by atoms with Crippen LogP contribution in [0.15, 0.2) is 36.9 Å². The Morgan fingerprint density at radius 2 is 1.89 bits per heavy atom. The lowest BCUT2D eigenvalue weighted by Gasteiger charge is -2.42. The fraction of sp³-hybridized carbons (Fsp3) is 0.476. The average molecular weight is 362 g/mol. The number of aryl methyl sites for hydroxylation is 1. The molecule has 3 aromatic heterocycles. The van der Waals surface area contributed by atoms with E-state index < -0.39 is 0 Å². The van der Waals surface area contributed by atoms with Gasteiger partial charge in [-0.1, -0.05) is 6.42 Å². The summed E-state index contributed by atoms with van der Waals surface area (Å²) in [7, 11) is 0. The highest BCUT2D eigenvalue weighted by atomic mass is 15.3. The first-order valence-corrected chi connectivity index (χ1v) is 9.93. The molecular formula is C21H26N6. The Kier molecular flexibility index (Phi) is 3.90. The van der Waals surface area contributed by atoms with Crippen LogP contribution in [0.4, 0.5) is 5.95 Å². The van der Waals surface area contributed by atoms with Crippen molar-refractivity contribution < 1.29 is 0 Å². The number of nitrogens with two attached hydrogens (primary N) is 1. The second-order valence-electron chi connectivity index (χ2n) is 8.08. The Bertz CT molecular complexity index is 955. The molecule has 4 heterocycles. The molecule has 2 aliphatic rings. The average Bonchev–Trinajstić information content (AvgIpc) is 3.30. The van der Waals surface area contributed by atoms with Crippen molar-refractivity contribution >= 4 is 11.6 Å². The predicted molar refractivity (Wildman–Crippen MR) is 107 cm³/mol. The molecule has 6 heteroatoms. The van der Waals surface area contributed by atoms with Crippen LogP contribution in [0.2, 0.25) is 0 Å². The van der Waals surface area contributed by atoms with Gasteiger partial charge in [0.25, 0.3) is 0 Å². The largest absolute Gasteiger partial charge is 0.342 e. The monoisotopic (exact) mass is 362 g/mol. The quantitative estimate of drug-likeness (QED) is 0.758. The zero-order chi connectivity index (χ0) is 18.4. The van der Waals surface area contributed by atoms with Gasteiger partial charge in [-0.15, -0.1) is 0 Å². The first kappa shape index (κ1) is 16.7. The number of nitrogens with zero attached hydrogens (tertiary/aromatic N) is 5. The third-order valence-corrected chi connectivity index (χ3v) is 6.70. The smallest absolute Gasteiger partial charge is 0.211 e. The van der Waals surface area contributed by atoms with E-state index >= 15 is 0 Å². The topological polar surface area (TPSA) is 72.3 Å². The maximum absolute atomic E-state index is 6.46. The highest BCUT2D eigenvalue weighted by Gasteiger charge is 2.43. The first-order chi connectivity index (χ1) is 13.2. The maximum Gasteiger partial charge on any atom is 0.211 e. The highest BCUT2D eigenvalue weighted by Crippen LogP contribution is 2.46. The Morgan fingerprint density at radius 3 is 2.59 bits per heavy atom. The molecule has 1 saturated carbocycles. The SMILES string of the molecule is Cc1nc(N2CCC3(CCC[C@H]3N)CC2)n2ccnc2c1-c1ccncc1.